The lowest BCUT2D eigenvalue weighted by Crippen LogP contribution is -2.14. The van der Waals surface area contributed by atoms with E-state index in [0.717, 1.165) is 25.3 Å². The van der Waals surface area contributed by atoms with Gasteiger partial charge in [0.2, 0.25) is 0 Å². The Kier molecular flexibility index (Phi) is 4.64. The number of halogens is 2. The van der Waals surface area contributed by atoms with Crippen LogP contribution in [0.15, 0.2) is 12.1 Å². The summed E-state index contributed by atoms with van der Waals surface area (Å²) in [5.41, 5.74) is 1.42. The number of carbonyl (C=O) groups is 1. The van der Waals surface area contributed by atoms with E-state index in [2.05, 4.69) is 4.98 Å². The molecule has 1 aliphatic rings. The van der Waals surface area contributed by atoms with Crippen molar-refractivity contribution in [2.45, 2.75) is 39.5 Å². The standard InChI is InChI=1S/C18H19F2NO3/c1-3-13-10(2)17(24-18(22)23-9-8-11-4-5-11)15-14(21-13)7-6-12(19)16(15)20/h6-7,11H,3-5,8-9H2,1-2H3. The molecule has 0 N–H and O–H groups in total. The second kappa shape index (κ2) is 6.71. The van der Waals surface area contributed by atoms with Crippen molar-refractivity contribution < 1.29 is 23.0 Å². The third kappa shape index (κ3) is 3.32. The van der Waals surface area contributed by atoms with E-state index in [1.165, 1.54) is 6.07 Å². The summed E-state index contributed by atoms with van der Waals surface area (Å²) in [5, 5.41) is -0.135. The fraction of sp³-hybridized carbons (Fsp3) is 0.444. The number of hydrogen-bond acceptors (Lipinski definition) is 4. The minimum absolute atomic E-state index is 0.0229. The fourth-order valence-electron chi connectivity index (χ4n) is 2.70. The van der Waals surface area contributed by atoms with Gasteiger partial charge in [0.1, 0.15) is 0 Å². The highest BCUT2D eigenvalue weighted by molar-refractivity contribution is 5.89. The highest BCUT2D eigenvalue weighted by Crippen LogP contribution is 2.34. The van der Waals surface area contributed by atoms with E-state index in [-0.39, 0.29) is 23.3 Å². The van der Waals surface area contributed by atoms with Crippen molar-refractivity contribution in [3.63, 3.8) is 0 Å². The molecule has 4 nitrogen and oxygen atoms in total. The molecule has 1 fully saturated rings. The van der Waals surface area contributed by atoms with E-state index in [0.29, 0.717) is 23.6 Å². The van der Waals surface area contributed by atoms with Crippen LogP contribution in [-0.4, -0.2) is 17.7 Å². The summed E-state index contributed by atoms with van der Waals surface area (Å²) < 4.78 is 38.1. The molecule has 0 spiro atoms. The van der Waals surface area contributed by atoms with Gasteiger partial charge in [-0.15, -0.1) is 0 Å². The minimum atomic E-state index is -1.08. The summed E-state index contributed by atoms with van der Waals surface area (Å²) >= 11 is 0. The van der Waals surface area contributed by atoms with Gasteiger partial charge in [-0.05, 0) is 37.8 Å². The maximum absolute atomic E-state index is 14.2. The second-order valence-electron chi connectivity index (χ2n) is 6.05. The Morgan fingerprint density at radius 2 is 2.08 bits per heavy atom. The molecule has 1 aromatic carbocycles. The normalized spacial score (nSPS) is 14.0. The average Bonchev–Trinajstić information content (AvgIpc) is 3.37. The maximum Gasteiger partial charge on any atom is 0.513 e. The van der Waals surface area contributed by atoms with Crippen molar-refractivity contribution in [1.29, 1.82) is 0 Å². The first-order valence-electron chi connectivity index (χ1n) is 8.13. The molecule has 1 saturated carbocycles. The Bertz CT molecular complexity index is 788. The smallest absolute Gasteiger partial charge is 0.434 e. The zero-order chi connectivity index (χ0) is 17.3. The van der Waals surface area contributed by atoms with Crippen molar-refractivity contribution in [3.8, 4) is 5.75 Å². The molecule has 0 saturated heterocycles. The van der Waals surface area contributed by atoms with Gasteiger partial charge in [0.25, 0.3) is 0 Å². The molecule has 1 aliphatic carbocycles. The van der Waals surface area contributed by atoms with Gasteiger partial charge in [0, 0.05) is 11.3 Å². The largest absolute Gasteiger partial charge is 0.513 e. The Morgan fingerprint density at radius 1 is 1.33 bits per heavy atom. The first-order valence-corrected chi connectivity index (χ1v) is 8.13. The average molecular weight is 335 g/mol. The Hall–Kier alpha value is -2.24. The third-order valence-corrected chi connectivity index (χ3v) is 4.29. The summed E-state index contributed by atoms with van der Waals surface area (Å²) in [7, 11) is 0. The number of aromatic nitrogens is 1. The Balaban J connectivity index is 1.92. The summed E-state index contributed by atoms with van der Waals surface area (Å²) in [4.78, 5) is 16.2. The van der Waals surface area contributed by atoms with Crippen LogP contribution in [0, 0.1) is 24.5 Å². The number of ether oxygens (including phenoxy) is 2. The maximum atomic E-state index is 14.2. The van der Waals surface area contributed by atoms with Gasteiger partial charge >= 0.3 is 6.16 Å². The molecule has 0 unspecified atom stereocenters. The predicted molar refractivity (Wildman–Crippen MR) is 85.1 cm³/mol. The zero-order valence-corrected chi connectivity index (χ0v) is 13.7. The van der Waals surface area contributed by atoms with Crippen LogP contribution in [0.25, 0.3) is 10.9 Å². The monoisotopic (exact) mass is 335 g/mol. The molecule has 6 heteroatoms. The van der Waals surface area contributed by atoms with Crippen molar-refractivity contribution in [3.05, 3.63) is 35.0 Å². The number of nitrogens with zero attached hydrogens (tertiary/aromatic N) is 1. The summed E-state index contributed by atoms with van der Waals surface area (Å²) in [5.74, 6) is -1.49. The number of fused-ring (bicyclic) bond motifs is 1. The molecular weight excluding hydrogens is 316 g/mol. The first kappa shape index (κ1) is 16.6. The molecule has 1 aromatic heterocycles. The van der Waals surface area contributed by atoms with E-state index >= 15 is 0 Å². The first-order chi connectivity index (χ1) is 11.5. The molecular formula is C18H19F2NO3. The van der Waals surface area contributed by atoms with Crippen LogP contribution in [0.4, 0.5) is 13.6 Å². The van der Waals surface area contributed by atoms with E-state index in [9.17, 15) is 13.6 Å². The highest BCUT2D eigenvalue weighted by Gasteiger charge is 2.23. The molecule has 0 aliphatic heterocycles. The van der Waals surface area contributed by atoms with Gasteiger partial charge in [-0.3, -0.25) is 4.98 Å². The third-order valence-electron chi connectivity index (χ3n) is 4.29. The van der Waals surface area contributed by atoms with Crippen LogP contribution in [-0.2, 0) is 11.2 Å². The van der Waals surface area contributed by atoms with Crippen LogP contribution >= 0.6 is 0 Å². The number of aryl methyl sites for hydroxylation is 1. The molecule has 3 rings (SSSR count). The number of benzene rings is 1. The van der Waals surface area contributed by atoms with Crippen molar-refractivity contribution in [2.24, 2.45) is 5.92 Å². The van der Waals surface area contributed by atoms with Crippen LogP contribution in [0.5, 0.6) is 5.75 Å². The van der Waals surface area contributed by atoms with Crippen LogP contribution in [0.2, 0.25) is 0 Å². The number of rotatable bonds is 5. The topological polar surface area (TPSA) is 48.4 Å². The van der Waals surface area contributed by atoms with Crippen LogP contribution in [0.3, 0.4) is 0 Å². The van der Waals surface area contributed by atoms with Crippen molar-refractivity contribution in [2.75, 3.05) is 6.61 Å². The Labute approximate surface area is 138 Å². The summed E-state index contributed by atoms with van der Waals surface area (Å²) in [6, 6.07) is 2.38. The Morgan fingerprint density at radius 3 is 2.75 bits per heavy atom. The van der Waals surface area contributed by atoms with Gasteiger partial charge in [0.05, 0.1) is 17.5 Å². The highest BCUT2D eigenvalue weighted by atomic mass is 19.2. The van der Waals surface area contributed by atoms with Gasteiger partial charge in [-0.2, -0.15) is 0 Å². The number of hydrogen-bond donors (Lipinski definition) is 0. The van der Waals surface area contributed by atoms with Gasteiger partial charge in [0.15, 0.2) is 17.4 Å². The second-order valence-corrected chi connectivity index (χ2v) is 6.05. The molecule has 2 aromatic rings. The quantitative estimate of drug-likeness (QED) is 0.743. The van der Waals surface area contributed by atoms with Crippen molar-refractivity contribution >= 4 is 17.1 Å². The minimum Gasteiger partial charge on any atom is -0.434 e. The van der Waals surface area contributed by atoms with E-state index in [4.69, 9.17) is 9.47 Å². The zero-order valence-electron chi connectivity index (χ0n) is 13.7. The van der Waals surface area contributed by atoms with Crippen molar-refractivity contribution in [1.82, 2.24) is 4.98 Å². The fourth-order valence-corrected chi connectivity index (χ4v) is 2.70. The predicted octanol–water partition coefficient (Wildman–Crippen LogP) is 4.70. The van der Waals surface area contributed by atoms with Gasteiger partial charge in [-0.25, -0.2) is 13.6 Å². The van der Waals surface area contributed by atoms with Crippen LogP contribution in [0.1, 0.15) is 37.4 Å². The molecule has 24 heavy (non-hydrogen) atoms. The van der Waals surface area contributed by atoms with Gasteiger partial charge in [-0.1, -0.05) is 19.8 Å². The lowest BCUT2D eigenvalue weighted by atomic mass is 10.1. The molecule has 0 atom stereocenters. The summed E-state index contributed by atoms with van der Waals surface area (Å²) in [6.45, 7) is 3.82. The van der Waals surface area contributed by atoms with Crippen LogP contribution < -0.4 is 4.74 Å². The lowest BCUT2D eigenvalue weighted by molar-refractivity contribution is 0.0968. The van der Waals surface area contributed by atoms with E-state index < -0.39 is 17.8 Å². The molecule has 0 bridgehead atoms. The molecule has 0 radical (unpaired) electrons. The molecule has 0 amide bonds. The number of carbonyl (C=O) groups excluding carboxylic acids is 1. The SMILES string of the molecule is CCc1nc2ccc(F)c(F)c2c(OC(=O)OCCC2CC2)c1C. The van der Waals surface area contributed by atoms with E-state index in [1.807, 2.05) is 6.92 Å². The molecule has 1 heterocycles. The van der Waals surface area contributed by atoms with E-state index in [1.54, 1.807) is 6.92 Å². The lowest BCUT2D eigenvalue weighted by Gasteiger charge is -2.14. The molecule has 128 valence electrons. The summed E-state index contributed by atoms with van der Waals surface area (Å²) in [6.07, 6.45) is 2.80. The van der Waals surface area contributed by atoms with Gasteiger partial charge < -0.3 is 9.47 Å². The number of pyridine rings is 1.